The van der Waals surface area contributed by atoms with E-state index in [-0.39, 0.29) is 0 Å². The van der Waals surface area contributed by atoms with Crippen LogP contribution in [-0.2, 0) is 4.74 Å². The van der Waals surface area contributed by atoms with Crippen molar-refractivity contribution in [2.24, 2.45) is 0 Å². The highest BCUT2D eigenvalue weighted by Gasteiger charge is 2.14. The highest BCUT2D eigenvalue weighted by Crippen LogP contribution is 2.15. The average Bonchev–Trinajstić information content (AvgIpc) is 2.48. The Morgan fingerprint density at radius 1 is 1.20 bits per heavy atom. The van der Waals surface area contributed by atoms with Gasteiger partial charge in [0.15, 0.2) is 0 Å². The molecule has 1 aromatic carbocycles. The molecule has 0 heterocycles. The second-order valence-corrected chi connectivity index (χ2v) is 5.30. The summed E-state index contributed by atoms with van der Waals surface area (Å²) in [5.74, 6) is 0. The van der Waals surface area contributed by atoms with Gasteiger partial charge in [-0.05, 0) is 32.0 Å². The minimum absolute atomic E-state index is 0.396. The highest BCUT2D eigenvalue weighted by atomic mass is 16.5. The molecule has 0 amide bonds. The Morgan fingerprint density at radius 2 is 1.90 bits per heavy atom. The van der Waals surface area contributed by atoms with E-state index in [2.05, 4.69) is 55.3 Å². The van der Waals surface area contributed by atoms with Crippen molar-refractivity contribution in [1.29, 1.82) is 0 Å². The number of rotatable bonds is 10. The first kappa shape index (κ1) is 17.2. The fourth-order valence-electron chi connectivity index (χ4n) is 2.26. The molecule has 114 valence electrons. The fourth-order valence-corrected chi connectivity index (χ4v) is 2.26. The van der Waals surface area contributed by atoms with E-state index in [4.69, 9.17) is 4.74 Å². The van der Waals surface area contributed by atoms with Gasteiger partial charge in [0.05, 0.1) is 6.61 Å². The molecule has 3 nitrogen and oxygen atoms in total. The molecule has 1 N–H and O–H groups in total. The summed E-state index contributed by atoms with van der Waals surface area (Å²) < 4.78 is 5.20. The Labute approximate surface area is 124 Å². The van der Waals surface area contributed by atoms with Gasteiger partial charge in [-0.3, -0.25) is 4.90 Å². The van der Waals surface area contributed by atoms with Crippen molar-refractivity contribution in [3.63, 3.8) is 0 Å². The van der Waals surface area contributed by atoms with Crippen LogP contribution in [0.2, 0.25) is 0 Å². The number of aryl methyl sites for hydroxylation is 1. The molecule has 0 radical (unpaired) electrons. The first-order valence-electron chi connectivity index (χ1n) is 7.72. The van der Waals surface area contributed by atoms with Gasteiger partial charge < -0.3 is 10.1 Å². The molecule has 1 rings (SSSR count). The number of likely N-dealkylation sites (N-methyl/N-ethyl adjacent to an activating group) is 1. The Morgan fingerprint density at radius 3 is 2.45 bits per heavy atom. The third kappa shape index (κ3) is 6.04. The topological polar surface area (TPSA) is 24.5 Å². The molecule has 1 aromatic rings. The van der Waals surface area contributed by atoms with E-state index in [0.717, 1.165) is 39.2 Å². The second-order valence-electron chi connectivity index (χ2n) is 5.30. The molecule has 0 saturated heterocycles. The minimum atomic E-state index is 0.396. The van der Waals surface area contributed by atoms with Crippen molar-refractivity contribution in [2.45, 2.75) is 33.2 Å². The third-order valence-corrected chi connectivity index (χ3v) is 3.62. The van der Waals surface area contributed by atoms with Crippen LogP contribution in [0.15, 0.2) is 24.3 Å². The summed E-state index contributed by atoms with van der Waals surface area (Å²) in [6, 6.07) is 9.27. The van der Waals surface area contributed by atoms with Crippen LogP contribution in [0.1, 0.15) is 37.4 Å². The predicted molar refractivity (Wildman–Crippen MR) is 86.2 cm³/mol. The maximum Gasteiger partial charge on any atom is 0.0589 e. The molecule has 0 aliphatic rings. The van der Waals surface area contributed by atoms with Crippen LogP contribution < -0.4 is 5.32 Å². The van der Waals surface area contributed by atoms with Crippen molar-refractivity contribution in [3.05, 3.63) is 35.4 Å². The van der Waals surface area contributed by atoms with Crippen LogP contribution in [0.25, 0.3) is 0 Å². The molecule has 0 bridgehead atoms. The molecule has 3 heteroatoms. The van der Waals surface area contributed by atoms with Gasteiger partial charge in [0, 0.05) is 26.2 Å². The van der Waals surface area contributed by atoms with Gasteiger partial charge in [0.2, 0.25) is 0 Å². The van der Waals surface area contributed by atoms with Gasteiger partial charge in [-0.2, -0.15) is 0 Å². The third-order valence-electron chi connectivity index (χ3n) is 3.62. The van der Waals surface area contributed by atoms with E-state index in [1.807, 2.05) is 0 Å². The van der Waals surface area contributed by atoms with E-state index in [9.17, 15) is 0 Å². The minimum Gasteiger partial charge on any atom is -0.383 e. The van der Waals surface area contributed by atoms with Gasteiger partial charge >= 0.3 is 0 Å². The van der Waals surface area contributed by atoms with Crippen molar-refractivity contribution >= 4 is 0 Å². The molecule has 0 aliphatic heterocycles. The number of methoxy groups -OCH3 is 1. The van der Waals surface area contributed by atoms with Gasteiger partial charge in [-0.15, -0.1) is 0 Å². The summed E-state index contributed by atoms with van der Waals surface area (Å²) in [4.78, 5) is 2.44. The van der Waals surface area contributed by atoms with Crippen molar-refractivity contribution < 1.29 is 4.74 Å². The van der Waals surface area contributed by atoms with Crippen LogP contribution in [0.5, 0.6) is 0 Å². The zero-order chi connectivity index (χ0) is 14.8. The maximum atomic E-state index is 5.20. The Bertz CT molecular complexity index is 351. The zero-order valence-electron chi connectivity index (χ0n) is 13.5. The lowest BCUT2D eigenvalue weighted by Gasteiger charge is -2.27. The lowest BCUT2D eigenvalue weighted by Crippen LogP contribution is -2.37. The van der Waals surface area contributed by atoms with E-state index in [1.165, 1.54) is 11.1 Å². The fraction of sp³-hybridized carbons (Fsp3) is 0.647. The van der Waals surface area contributed by atoms with E-state index < -0.39 is 0 Å². The number of benzene rings is 1. The molecule has 0 spiro atoms. The number of hydrogen-bond donors (Lipinski definition) is 1. The molecule has 0 aromatic heterocycles. The van der Waals surface area contributed by atoms with Gasteiger partial charge in [-0.1, -0.05) is 43.7 Å². The molecule has 20 heavy (non-hydrogen) atoms. The van der Waals surface area contributed by atoms with Crippen LogP contribution in [0.4, 0.5) is 0 Å². The average molecular weight is 278 g/mol. The van der Waals surface area contributed by atoms with Crippen molar-refractivity contribution in [1.82, 2.24) is 10.2 Å². The van der Waals surface area contributed by atoms with Gasteiger partial charge in [-0.25, -0.2) is 0 Å². The van der Waals surface area contributed by atoms with Crippen LogP contribution in [0.3, 0.4) is 0 Å². The van der Waals surface area contributed by atoms with Crippen LogP contribution in [-0.4, -0.2) is 44.8 Å². The van der Waals surface area contributed by atoms with E-state index >= 15 is 0 Å². The zero-order valence-corrected chi connectivity index (χ0v) is 13.5. The first-order valence-corrected chi connectivity index (χ1v) is 7.72. The SMILES string of the molecule is CCCNC(CN(CC)CCOC)c1ccc(C)cc1. The molecule has 1 atom stereocenters. The summed E-state index contributed by atoms with van der Waals surface area (Å²) in [5.41, 5.74) is 2.69. The number of nitrogens with zero attached hydrogens (tertiary/aromatic N) is 1. The van der Waals surface area contributed by atoms with Crippen LogP contribution in [0, 0.1) is 6.92 Å². The molecular formula is C17H30N2O. The maximum absolute atomic E-state index is 5.20. The molecule has 1 unspecified atom stereocenters. The van der Waals surface area contributed by atoms with Gasteiger partial charge in [0.25, 0.3) is 0 Å². The van der Waals surface area contributed by atoms with Crippen molar-refractivity contribution in [3.8, 4) is 0 Å². The Hall–Kier alpha value is -0.900. The predicted octanol–water partition coefficient (Wildman–Crippen LogP) is 3.00. The van der Waals surface area contributed by atoms with Crippen LogP contribution >= 0.6 is 0 Å². The number of hydrogen-bond acceptors (Lipinski definition) is 3. The molecule has 0 aliphatic carbocycles. The smallest absolute Gasteiger partial charge is 0.0589 e. The summed E-state index contributed by atoms with van der Waals surface area (Å²) in [6.07, 6.45) is 1.16. The summed E-state index contributed by atoms with van der Waals surface area (Å²) in [5, 5.41) is 3.66. The normalized spacial score (nSPS) is 12.8. The molecule has 0 fully saturated rings. The lowest BCUT2D eigenvalue weighted by atomic mass is 10.0. The highest BCUT2D eigenvalue weighted by molar-refractivity contribution is 5.24. The Balaban J connectivity index is 2.69. The largest absolute Gasteiger partial charge is 0.383 e. The first-order chi connectivity index (χ1) is 9.71. The van der Waals surface area contributed by atoms with Gasteiger partial charge in [0.1, 0.15) is 0 Å². The van der Waals surface area contributed by atoms with E-state index in [0.29, 0.717) is 6.04 Å². The summed E-state index contributed by atoms with van der Waals surface area (Å²) in [7, 11) is 1.76. The van der Waals surface area contributed by atoms with Crippen molar-refractivity contribution in [2.75, 3.05) is 39.9 Å². The number of nitrogens with one attached hydrogen (secondary N) is 1. The molecule has 0 saturated carbocycles. The summed E-state index contributed by atoms with van der Waals surface area (Å²) >= 11 is 0. The van der Waals surface area contributed by atoms with E-state index in [1.54, 1.807) is 7.11 Å². The molecular weight excluding hydrogens is 248 g/mol. The monoisotopic (exact) mass is 278 g/mol. The lowest BCUT2D eigenvalue weighted by molar-refractivity contribution is 0.144. The second kappa shape index (κ2) is 9.92. The number of ether oxygens (including phenoxy) is 1. The quantitative estimate of drug-likeness (QED) is 0.712. The Kier molecular flexibility index (Phi) is 8.51. The summed E-state index contributed by atoms with van der Waals surface area (Å²) in [6.45, 7) is 11.5. The standard InChI is InChI=1S/C17H30N2O/c1-5-11-18-17(14-19(6-2)12-13-20-4)16-9-7-15(3)8-10-16/h7-10,17-18H,5-6,11-14H2,1-4H3.